The number of carboxylic acid groups (broad SMARTS) is 1. The number of carboxylic acids is 1. The minimum Gasteiger partial charge on any atom is -0.497 e. The van der Waals surface area contributed by atoms with Gasteiger partial charge in [-0.1, -0.05) is 0 Å². The minimum atomic E-state index is -3.49. The van der Waals surface area contributed by atoms with Crippen molar-refractivity contribution in [1.29, 1.82) is 0 Å². The average Bonchev–Trinajstić information content (AvgIpc) is 2.59. The summed E-state index contributed by atoms with van der Waals surface area (Å²) < 4.78 is 40.4. The Morgan fingerprint density at radius 1 is 1.20 bits per heavy atom. The molecule has 8 heteroatoms. The summed E-state index contributed by atoms with van der Waals surface area (Å²) in [5.41, 5.74) is -1.23. The van der Waals surface area contributed by atoms with Crippen molar-refractivity contribution in [2.75, 3.05) is 38.4 Å². The Hall–Kier alpha value is -1.80. The third-order valence-corrected chi connectivity index (χ3v) is 6.23. The number of methoxy groups -OCH3 is 1. The highest BCUT2D eigenvalue weighted by Gasteiger charge is 2.43. The van der Waals surface area contributed by atoms with Crippen molar-refractivity contribution in [3.05, 3.63) is 24.3 Å². The molecule has 1 aliphatic heterocycles. The Kier molecular flexibility index (Phi) is 6.66. The zero-order valence-corrected chi connectivity index (χ0v) is 15.1. The first-order valence-electron chi connectivity index (χ1n) is 8.15. The molecule has 0 aliphatic carbocycles. The summed E-state index contributed by atoms with van der Waals surface area (Å²) >= 11 is 0. The van der Waals surface area contributed by atoms with E-state index in [1.54, 1.807) is 31.4 Å². The first kappa shape index (κ1) is 19.5. The van der Waals surface area contributed by atoms with Gasteiger partial charge in [-0.25, -0.2) is 8.42 Å². The summed E-state index contributed by atoms with van der Waals surface area (Å²) in [6, 6.07) is 7.01. The molecule has 0 amide bonds. The van der Waals surface area contributed by atoms with Crippen LogP contribution >= 0.6 is 0 Å². The van der Waals surface area contributed by atoms with Crippen LogP contribution in [0.2, 0.25) is 0 Å². The number of hydrogen-bond acceptors (Lipinski definition) is 6. The van der Waals surface area contributed by atoms with Gasteiger partial charge < -0.3 is 19.3 Å². The molecule has 1 aromatic carbocycles. The molecule has 0 unspecified atom stereocenters. The number of ether oxygens (including phenoxy) is 3. The van der Waals surface area contributed by atoms with Gasteiger partial charge in [-0.05, 0) is 43.5 Å². The molecule has 1 N–H and O–H groups in total. The Balaban J connectivity index is 1.82. The number of sulfone groups is 1. The molecule has 0 spiro atoms. The molecule has 0 saturated carbocycles. The molecule has 140 valence electrons. The van der Waals surface area contributed by atoms with Gasteiger partial charge in [0.25, 0.3) is 0 Å². The smallest absolute Gasteiger partial charge is 0.310 e. The van der Waals surface area contributed by atoms with Crippen molar-refractivity contribution in [3.63, 3.8) is 0 Å². The van der Waals surface area contributed by atoms with Gasteiger partial charge in [0.1, 0.15) is 11.5 Å². The topological polar surface area (TPSA) is 99.1 Å². The summed E-state index contributed by atoms with van der Waals surface area (Å²) in [6.45, 7) is 0.805. The van der Waals surface area contributed by atoms with Crippen molar-refractivity contribution < 1.29 is 32.5 Å². The van der Waals surface area contributed by atoms with Gasteiger partial charge in [-0.3, -0.25) is 4.79 Å². The van der Waals surface area contributed by atoms with Gasteiger partial charge in [0, 0.05) is 13.2 Å². The van der Waals surface area contributed by atoms with Crippen LogP contribution in [0.1, 0.15) is 19.3 Å². The maximum Gasteiger partial charge on any atom is 0.310 e. The van der Waals surface area contributed by atoms with Crippen LogP contribution in [0.25, 0.3) is 0 Å². The molecule has 1 saturated heterocycles. The van der Waals surface area contributed by atoms with E-state index in [1.807, 2.05) is 0 Å². The maximum absolute atomic E-state index is 12.3. The standard InChI is InChI=1S/C17H24O7S/c1-22-14-3-5-15(6-4-14)24-9-2-12-25(20,21)13-17(16(18)19)7-10-23-11-8-17/h3-6H,2,7-13H2,1H3,(H,18,19). The van der Waals surface area contributed by atoms with E-state index in [0.29, 0.717) is 17.9 Å². The molecular formula is C17H24O7S. The van der Waals surface area contributed by atoms with Crippen LogP contribution in [-0.2, 0) is 19.4 Å². The number of benzene rings is 1. The van der Waals surface area contributed by atoms with Crippen molar-refractivity contribution in [2.45, 2.75) is 19.3 Å². The zero-order valence-electron chi connectivity index (χ0n) is 14.3. The van der Waals surface area contributed by atoms with Gasteiger partial charge in [-0.2, -0.15) is 0 Å². The third kappa shape index (κ3) is 5.61. The van der Waals surface area contributed by atoms with E-state index in [0.717, 1.165) is 0 Å². The van der Waals surface area contributed by atoms with E-state index in [-0.39, 0.29) is 44.2 Å². The molecule has 0 bridgehead atoms. The molecule has 0 aromatic heterocycles. The SMILES string of the molecule is COc1ccc(OCCCS(=O)(=O)CC2(C(=O)O)CCOCC2)cc1. The predicted molar refractivity (Wildman–Crippen MR) is 91.9 cm³/mol. The lowest BCUT2D eigenvalue weighted by Gasteiger charge is -2.32. The van der Waals surface area contributed by atoms with E-state index < -0.39 is 21.2 Å². The van der Waals surface area contributed by atoms with Crippen molar-refractivity contribution in [3.8, 4) is 11.5 Å². The highest BCUT2D eigenvalue weighted by atomic mass is 32.2. The molecular weight excluding hydrogens is 348 g/mol. The summed E-state index contributed by atoms with van der Waals surface area (Å²) in [5.74, 6) is -0.163. The van der Waals surface area contributed by atoms with E-state index >= 15 is 0 Å². The van der Waals surface area contributed by atoms with E-state index in [4.69, 9.17) is 14.2 Å². The predicted octanol–water partition coefficient (Wildman–Crippen LogP) is 1.76. The molecule has 1 aromatic rings. The van der Waals surface area contributed by atoms with Crippen LogP contribution < -0.4 is 9.47 Å². The van der Waals surface area contributed by atoms with Crippen LogP contribution in [0.4, 0.5) is 0 Å². The average molecular weight is 372 g/mol. The van der Waals surface area contributed by atoms with Gasteiger partial charge in [0.15, 0.2) is 9.84 Å². The van der Waals surface area contributed by atoms with Crippen LogP contribution in [0.5, 0.6) is 11.5 Å². The summed E-state index contributed by atoms with van der Waals surface area (Å²) in [6.07, 6.45) is 0.758. The quantitative estimate of drug-likeness (QED) is 0.659. The molecule has 1 heterocycles. The van der Waals surface area contributed by atoms with Gasteiger partial charge >= 0.3 is 5.97 Å². The highest BCUT2D eigenvalue weighted by molar-refractivity contribution is 7.91. The largest absolute Gasteiger partial charge is 0.497 e. The highest BCUT2D eigenvalue weighted by Crippen LogP contribution is 2.33. The Morgan fingerprint density at radius 2 is 1.80 bits per heavy atom. The first-order chi connectivity index (χ1) is 11.9. The maximum atomic E-state index is 12.3. The van der Waals surface area contributed by atoms with E-state index in [1.165, 1.54) is 0 Å². The summed E-state index contributed by atoms with van der Waals surface area (Å²) in [5, 5.41) is 9.46. The normalized spacial score (nSPS) is 17.0. The Bertz CT molecular complexity index is 661. The fraction of sp³-hybridized carbons (Fsp3) is 0.588. The Morgan fingerprint density at radius 3 is 2.36 bits per heavy atom. The lowest BCUT2D eigenvalue weighted by Crippen LogP contribution is -2.43. The van der Waals surface area contributed by atoms with Crippen molar-refractivity contribution >= 4 is 15.8 Å². The third-order valence-electron chi connectivity index (χ3n) is 4.33. The summed E-state index contributed by atoms with van der Waals surface area (Å²) in [7, 11) is -1.91. The fourth-order valence-electron chi connectivity index (χ4n) is 2.82. The lowest BCUT2D eigenvalue weighted by molar-refractivity contribution is -0.152. The van der Waals surface area contributed by atoms with Crippen LogP contribution in [0, 0.1) is 5.41 Å². The Labute approximate surface area is 147 Å². The second kappa shape index (κ2) is 8.53. The fourth-order valence-corrected chi connectivity index (χ4v) is 4.77. The molecule has 25 heavy (non-hydrogen) atoms. The molecule has 7 nitrogen and oxygen atoms in total. The van der Waals surface area contributed by atoms with Crippen molar-refractivity contribution in [2.24, 2.45) is 5.41 Å². The van der Waals surface area contributed by atoms with Crippen LogP contribution in [-0.4, -0.2) is 57.9 Å². The monoisotopic (exact) mass is 372 g/mol. The minimum absolute atomic E-state index is 0.0982. The molecule has 1 fully saturated rings. The van der Waals surface area contributed by atoms with Crippen LogP contribution in [0.15, 0.2) is 24.3 Å². The number of hydrogen-bond donors (Lipinski definition) is 1. The van der Waals surface area contributed by atoms with Crippen molar-refractivity contribution in [1.82, 2.24) is 0 Å². The molecule has 0 radical (unpaired) electrons. The summed E-state index contributed by atoms with van der Waals surface area (Å²) in [4.78, 5) is 11.6. The van der Waals surface area contributed by atoms with Crippen LogP contribution in [0.3, 0.4) is 0 Å². The number of aliphatic carboxylic acids is 1. The lowest BCUT2D eigenvalue weighted by atomic mass is 9.82. The van der Waals surface area contributed by atoms with E-state index in [2.05, 4.69) is 0 Å². The van der Waals surface area contributed by atoms with Gasteiger partial charge in [0.05, 0.1) is 30.6 Å². The van der Waals surface area contributed by atoms with Gasteiger partial charge in [-0.15, -0.1) is 0 Å². The molecule has 2 rings (SSSR count). The molecule has 1 aliphatic rings. The number of rotatable bonds is 9. The number of carbonyl (C=O) groups is 1. The second-order valence-electron chi connectivity index (χ2n) is 6.17. The second-order valence-corrected chi connectivity index (χ2v) is 8.35. The molecule has 0 atom stereocenters. The first-order valence-corrected chi connectivity index (χ1v) is 9.97. The van der Waals surface area contributed by atoms with E-state index in [9.17, 15) is 18.3 Å². The zero-order chi connectivity index (χ0) is 18.3. The van der Waals surface area contributed by atoms with Gasteiger partial charge in [0.2, 0.25) is 0 Å².